The zero-order valence-electron chi connectivity index (χ0n) is 10.0. The van der Waals surface area contributed by atoms with Crippen LogP contribution in [0.1, 0.15) is 17.5 Å². The molecule has 1 aliphatic rings. The van der Waals surface area contributed by atoms with Gasteiger partial charge >= 0.3 is 0 Å². The summed E-state index contributed by atoms with van der Waals surface area (Å²) in [4.78, 5) is 12.9. The first-order valence-corrected chi connectivity index (χ1v) is 8.10. The van der Waals surface area contributed by atoms with E-state index in [9.17, 15) is 13.2 Å². The lowest BCUT2D eigenvalue weighted by Gasteiger charge is -2.19. The second-order valence-corrected chi connectivity index (χ2v) is 7.23. The van der Waals surface area contributed by atoms with Crippen LogP contribution in [0.2, 0.25) is 0 Å². The largest absolute Gasteiger partial charge is 0.332 e. The van der Waals surface area contributed by atoms with E-state index in [1.54, 1.807) is 19.2 Å². The summed E-state index contributed by atoms with van der Waals surface area (Å²) < 4.78 is 23.7. The second kappa shape index (κ2) is 5.01. The summed E-state index contributed by atoms with van der Waals surface area (Å²) in [6.45, 7) is 0.470. The number of nitrogens with zero attached hydrogens (tertiary/aromatic N) is 1. The van der Waals surface area contributed by atoms with Gasteiger partial charge in [0.05, 0.1) is 10.6 Å². The quantitative estimate of drug-likeness (QED) is 0.617. The third-order valence-electron chi connectivity index (χ3n) is 3.04. The number of sulfone groups is 1. The van der Waals surface area contributed by atoms with Gasteiger partial charge in [-0.15, -0.1) is 0 Å². The molecule has 6 heteroatoms. The van der Waals surface area contributed by atoms with Crippen LogP contribution < -0.4 is 0 Å². The third kappa shape index (κ3) is 2.75. The molecule has 2 rings (SSSR count). The Bertz CT molecular complexity index is 583. The Kier molecular flexibility index (Phi) is 3.77. The van der Waals surface area contributed by atoms with Gasteiger partial charge in [-0.25, -0.2) is 8.42 Å². The predicted octanol–water partition coefficient (Wildman–Crippen LogP) is 2.35. The molecule has 0 spiro atoms. The molecule has 0 saturated heterocycles. The van der Waals surface area contributed by atoms with Crippen LogP contribution in [0.3, 0.4) is 0 Å². The molecule has 1 aromatic carbocycles. The van der Waals surface area contributed by atoms with Gasteiger partial charge in [-0.2, -0.15) is 0 Å². The molecular weight excluding hydrogens is 318 g/mol. The highest BCUT2D eigenvalue weighted by Gasteiger charge is 2.23. The van der Waals surface area contributed by atoms with Crippen LogP contribution in [0.25, 0.3) is 0 Å². The molecule has 0 aromatic heterocycles. The van der Waals surface area contributed by atoms with Crippen molar-refractivity contribution in [3.05, 3.63) is 29.3 Å². The maximum absolute atomic E-state index is 11.8. The lowest BCUT2D eigenvalue weighted by molar-refractivity contribution is 0.233. The van der Waals surface area contributed by atoms with E-state index >= 15 is 0 Å². The van der Waals surface area contributed by atoms with Crippen molar-refractivity contribution < 1.29 is 13.2 Å². The van der Waals surface area contributed by atoms with Crippen LogP contribution in [-0.4, -0.2) is 30.9 Å². The van der Waals surface area contributed by atoms with E-state index in [1.165, 1.54) is 4.90 Å². The molecule has 0 atom stereocenters. The van der Waals surface area contributed by atoms with Gasteiger partial charge < -0.3 is 4.90 Å². The zero-order valence-corrected chi connectivity index (χ0v) is 12.4. The maximum Gasteiger partial charge on any atom is 0.289 e. The van der Waals surface area contributed by atoms with Crippen LogP contribution in [0.5, 0.6) is 0 Å². The Morgan fingerprint density at radius 2 is 2.17 bits per heavy atom. The molecule has 0 unspecified atom stereocenters. The highest BCUT2D eigenvalue weighted by molar-refractivity contribution is 9.18. The third-order valence-corrected chi connectivity index (χ3v) is 5.54. The first-order chi connectivity index (χ1) is 8.40. The Hall–Kier alpha value is -0.880. The minimum absolute atomic E-state index is 0.187. The molecule has 0 saturated carbocycles. The van der Waals surface area contributed by atoms with E-state index in [0.717, 1.165) is 17.5 Å². The molecular formula is C12H14BrNO3S. The van der Waals surface area contributed by atoms with Crippen LogP contribution in [0.15, 0.2) is 23.1 Å². The number of amides is 1. The van der Waals surface area contributed by atoms with Crippen molar-refractivity contribution >= 4 is 30.6 Å². The predicted molar refractivity (Wildman–Crippen MR) is 72.6 cm³/mol. The molecule has 18 heavy (non-hydrogen) atoms. The summed E-state index contributed by atoms with van der Waals surface area (Å²) in [5, 5.41) is 0. The molecule has 1 heterocycles. The lowest BCUT2D eigenvalue weighted by atomic mass is 10.1. The Balaban J connectivity index is 2.31. The monoisotopic (exact) mass is 331 g/mol. The number of rotatable bonds is 2. The fourth-order valence-electron chi connectivity index (χ4n) is 2.13. The van der Waals surface area contributed by atoms with Gasteiger partial charge in [0.1, 0.15) is 0 Å². The standard InChI is InChI=1S/C12H14BrNO3S/c1-14(12(13)15)8-9-4-5-11-10(7-9)3-2-6-18(11,16)17/h4-5,7H,2-3,6,8H2,1H3. The molecule has 0 fully saturated rings. The molecule has 98 valence electrons. The molecule has 0 N–H and O–H groups in total. The van der Waals surface area contributed by atoms with Crippen LogP contribution in [-0.2, 0) is 22.8 Å². The van der Waals surface area contributed by atoms with Crippen LogP contribution >= 0.6 is 15.9 Å². The zero-order chi connectivity index (χ0) is 13.3. The summed E-state index contributed by atoms with van der Waals surface area (Å²) in [5.41, 5.74) is 1.82. The molecule has 0 bridgehead atoms. The summed E-state index contributed by atoms with van der Waals surface area (Å²) in [6, 6.07) is 5.32. The SMILES string of the molecule is CN(Cc1ccc2c(c1)CCCS2(=O)=O)C(=O)Br. The van der Waals surface area contributed by atoms with Gasteiger partial charge in [0.25, 0.3) is 4.82 Å². The molecule has 0 aliphatic carbocycles. The van der Waals surface area contributed by atoms with Crippen molar-refractivity contribution in [2.45, 2.75) is 24.3 Å². The summed E-state index contributed by atoms with van der Waals surface area (Å²) in [6.07, 6.45) is 1.46. The number of carbonyl (C=O) groups excluding carboxylic acids is 1. The molecule has 1 aliphatic heterocycles. The van der Waals surface area contributed by atoms with Crippen LogP contribution in [0, 0.1) is 0 Å². The molecule has 4 nitrogen and oxygen atoms in total. The Labute approximate surface area is 115 Å². The fraction of sp³-hybridized carbons (Fsp3) is 0.417. The smallest absolute Gasteiger partial charge is 0.289 e. The fourth-order valence-corrected chi connectivity index (χ4v) is 3.83. The Morgan fingerprint density at radius 3 is 2.83 bits per heavy atom. The minimum Gasteiger partial charge on any atom is -0.332 e. The van der Waals surface area contributed by atoms with Crippen molar-refractivity contribution in [1.29, 1.82) is 0 Å². The summed E-state index contributed by atoms with van der Waals surface area (Å²) in [5.74, 6) is 0.235. The van der Waals surface area contributed by atoms with E-state index < -0.39 is 9.84 Å². The minimum atomic E-state index is -3.09. The average molecular weight is 332 g/mol. The number of hydrogen-bond acceptors (Lipinski definition) is 3. The van der Waals surface area contributed by atoms with E-state index in [4.69, 9.17) is 0 Å². The van der Waals surface area contributed by atoms with Gasteiger partial charge in [-0.05, 0) is 30.0 Å². The first kappa shape index (κ1) is 13.5. The van der Waals surface area contributed by atoms with E-state index in [0.29, 0.717) is 17.9 Å². The van der Waals surface area contributed by atoms with Crippen molar-refractivity contribution in [2.75, 3.05) is 12.8 Å². The average Bonchev–Trinajstić information content (AvgIpc) is 2.28. The topological polar surface area (TPSA) is 54.5 Å². The lowest BCUT2D eigenvalue weighted by Crippen LogP contribution is -2.21. The molecule has 1 amide bonds. The number of aryl methyl sites for hydroxylation is 1. The van der Waals surface area contributed by atoms with Gasteiger partial charge in [0.2, 0.25) is 0 Å². The first-order valence-electron chi connectivity index (χ1n) is 5.65. The van der Waals surface area contributed by atoms with Crippen molar-refractivity contribution in [2.24, 2.45) is 0 Å². The van der Waals surface area contributed by atoms with E-state index in [2.05, 4.69) is 15.9 Å². The summed E-state index contributed by atoms with van der Waals surface area (Å²) in [7, 11) is -1.41. The number of hydrogen-bond donors (Lipinski definition) is 0. The van der Waals surface area contributed by atoms with E-state index in [1.807, 2.05) is 6.07 Å². The molecule has 1 aromatic rings. The highest BCUT2D eigenvalue weighted by Crippen LogP contribution is 2.26. The van der Waals surface area contributed by atoms with Gasteiger partial charge in [-0.1, -0.05) is 12.1 Å². The number of benzene rings is 1. The maximum atomic E-state index is 11.8. The number of carbonyl (C=O) groups is 1. The van der Waals surface area contributed by atoms with Crippen molar-refractivity contribution in [1.82, 2.24) is 4.90 Å². The summed E-state index contributed by atoms with van der Waals surface area (Å²) >= 11 is 2.88. The van der Waals surface area contributed by atoms with Gasteiger partial charge in [0, 0.05) is 29.5 Å². The van der Waals surface area contributed by atoms with E-state index in [-0.39, 0.29) is 10.6 Å². The van der Waals surface area contributed by atoms with Gasteiger partial charge in [-0.3, -0.25) is 4.79 Å². The number of halogens is 1. The number of fused-ring (bicyclic) bond motifs is 1. The molecule has 0 radical (unpaired) electrons. The van der Waals surface area contributed by atoms with Crippen LogP contribution in [0.4, 0.5) is 4.79 Å². The van der Waals surface area contributed by atoms with Crippen molar-refractivity contribution in [3.63, 3.8) is 0 Å². The second-order valence-electron chi connectivity index (χ2n) is 4.47. The Morgan fingerprint density at radius 1 is 1.44 bits per heavy atom. The highest BCUT2D eigenvalue weighted by atomic mass is 79.9. The van der Waals surface area contributed by atoms with Gasteiger partial charge in [0.15, 0.2) is 9.84 Å². The van der Waals surface area contributed by atoms with Crippen molar-refractivity contribution in [3.8, 4) is 0 Å². The normalized spacial score (nSPS) is 17.0.